The monoisotopic (exact) mass is 215 g/mol. The van der Waals surface area contributed by atoms with Gasteiger partial charge in [0, 0.05) is 12.2 Å². The molecule has 0 radical (unpaired) electrons. The maximum atomic E-state index is 10.0. The largest absolute Gasteiger partial charge is 0.289 e. The average Bonchev–Trinajstić information content (AvgIpc) is 2.65. The third-order valence-corrected chi connectivity index (χ3v) is 1.90. The molecule has 0 atom stereocenters. The van der Waals surface area contributed by atoms with E-state index in [9.17, 15) is 9.59 Å². The minimum atomic E-state index is -0.329. The summed E-state index contributed by atoms with van der Waals surface area (Å²) in [6, 6.07) is 10.2. The number of hydrogen-bond acceptors (Lipinski definition) is 2. The van der Waals surface area contributed by atoms with E-state index in [2.05, 4.69) is 18.7 Å². The van der Waals surface area contributed by atoms with Gasteiger partial charge in [0.25, 0.3) is 11.8 Å². The Morgan fingerprint density at radius 2 is 1.56 bits per heavy atom. The van der Waals surface area contributed by atoms with Crippen molar-refractivity contribution in [3.63, 3.8) is 0 Å². The van der Waals surface area contributed by atoms with E-state index in [1.54, 1.807) is 0 Å². The first-order valence-electron chi connectivity index (χ1n) is 4.83. The molecule has 2 rings (SSSR count). The van der Waals surface area contributed by atoms with Crippen LogP contribution in [-0.2, 0) is 9.59 Å². The van der Waals surface area contributed by atoms with E-state index in [1.165, 1.54) is 17.7 Å². The van der Waals surface area contributed by atoms with Gasteiger partial charge in [-0.15, -0.1) is 0 Å². The summed E-state index contributed by atoms with van der Waals surface area (Å²) in [4.78, 5) is 20.1. The van der Waals surface area contributed by atoms with Crippen molar-refractivity contribution < 1.29 is 9.59 Å². The molecule has 3 nitrogen and oxygen atoms in total. The SMILES string of the molecule is C=C(C)c1ccccc1.O=C1C=CC(=O)N1. The predicted molar refractivity (Wildman–Crippen MR) is 63.4 cm³/mol. The fourth-order valence-electron chi connectivity index (χ4n) is 1.08. The van der Waals surface area contributed by atoms with Gasteiger partial charge in [0.15, 0.2) is 0 Å². The van der Waals surface area contributed by atoms with Crippen molar-refractivity contribution in [2.75, 3.05) is 0 Å². The van der Waals surface area contributed by atoms with Crippen LogP contribution in [0.3, 0.4) is 0 Å². The van der Waals surface area contributed by atoms with Gasteiger partial charge in [-0.3, -0.25) is 14.9 Å². The molecule has 1 aromatic rings. The highest BCUT2D eigenvalue weighted by atomic mass is 16.2. The van der Waals surface area contributed by atoms with E-state index in [4.69, 9.17) is 0 Å². The van der Waals surface area contributed by atoms with Crippen molar-refractivity contribution in [3.05, 3.63) is 54.6 Å². The molecule has 0 fully saturated rings. The Kier molecular flexibility index (Phi) is 4.21. The fraction of sp³-hybridized carbons (Fsp3) is 0.0769. The van der Waals surface area contributed by atoms with Gasteiger partial charge >= 0.3 is 0 Å². The molecule has 1 N–H and O–H groups in total. The maximum absolute atomic E-state index is 10.0. The number of hydrogen-bond donors (Lipinski definition) is 1. The quantitative estimate of drug-likeness (QED) is 0.727. The number of carbonyl (C=O) groups is 2. The Balaban J connectivity index is 0.000000165. The Bertz CT molecular complexity index is 417. The van der Waals surface area contributed by atoms with E-state index in [0.717, 1.165) is 5.57 Å². The Morgan fingerprint density at radius 1 is 1.06 bits per heavy atom. The van der Waals surface area contributed by atoms with E-state index in [1.807, 2.05) is 30.4 Å². The Hall–Kier alpha value is -2.16. The molecule has 82 valence electrons. The zero-order chi connectivity index (χ0) is 12.0. The van der Waals surface area contributed by atoms with Crippen LogP contribution in [0.5, 0.6) is 0 Å². The summed E-state index contributed by atoms with van der Waals surface area (Å²) in [6.07, 6.45) is 2.39. The first kappa shape index (κ1) is 11.9. The van der Waals surface area contributed by atoms with Gasteiger partial charge in [0.1, 0.15) is 0 Å². The molecular formula is C13H13NO2. The Morgan fingerprint density at radius 3 is 1.81 bits per heavy atom. The second-order valence-electron chi connectivity index (χ2n) is 3.33. The van der Waals surface area contributed by atoms with Gasteiger partial charge in [-0.25, -0.2) is 0 Å². The fourth-order valence-corrected chi connectivity index (χ4v) is 1.08. The zero-order valence-electron chi connectivity index (χ0n) is 9.07. The molecular weight excluding hydrogens is 202 g/mol. The van der Waals surface area contributed by atoms with Crippen molar-refractivity contribution in [1.29, 1.82) is 0 Å². The number of amides is 2. The highest BCUT2D eigenvalue weighted by Gasteiger charge is 2.06. The van der Waals surface area contributed by atoms with Gasteiger partial charge in [0.2, 0.25) is 0 Å². The number of carbonyl (C=O) groups excluding carboxylic acids is 2. The molecule has 0 bridgehead atoms. The molecule has 16 heavy (non-hydrogen) atoms. The third-order valence-electron chi connectivity index (χ3n) is 1.90. The first-order chi connectivity index (χ1) is 7.59. The molecule has 0 aliphatic carbocycles. The second kappa shape index (κ2) is 5.66. The van der Waals surface area contributed by atoms with Crippen LogP contribution in [0.2, 0.25) is 0 Å². The lowest BCUT2D eigenvalue weighted by atomic mass is 10.1. The van der Waals surface area contributed by atoms with Crippen LogP contribution in [-0.4, -0.2) is 11.8 Å². The molecule has 1 aliphatic heterocycles. The number of rotatable bonds is 1. The molecule has 3 heteroatoms. The van der Waals surface area contributed by atoms with Gasteiger partial charge in [0.05, 0.1) is 0 Å². The number of benzene rings is 1. The van der Waals surface area contributed by atoms with Crippen LogP contribution in [0.15, 0.2) is 49.1 Å². The lowest BCUT2D eigenvalue weighted by Gasteiger charge is -1.94. The van der Waals surface area contributed by atoms with Crippen molar-refractivity contribution in [2.24, 2.45) is 0 Å². The zero-order valence-corrected chi connectivity index (χ0v) is 9.07. The minimum absolute atomic E-state index is 0.329. The molecule has 1 aliphatic rings. The smallest absolute Gasteiger partial charge is 0.250 e. The van der Waals surface area contributed by atoms with E-state index < -0.39 is 0 Å². The van der Waals surface area contributed by atoms with Crippen LogP contribution in [0, 0.1) is 0 Å². The van der Waals surface area contributed by atoms with E-state index >= 15 is 0 Å². The van der Waals surface area contributed by atoms with Crippen LogP contribution in [0.25, 0.3) is 5.57 Å². The standard InChI is InChI=1S/C9H10.C4H3NO2/c1-8(2)9-6-4-3-5-7-9;6-3-1-2-4(7)5-3/h3-7H,1H2,2H3;1-2H,(H,5,6,7). The van der Waals surface area contributed by atoms with Crippen LogP contribution in [0.1, 0.15) is 12.5 Å². The van der Waals surface area contributed by atoms with Crippen molar-refractivity contribution in [1.82, 2.24) is 5.32 Å². The van der Waals surface area contributed by atoms with Crippen LogP contribution >= 0.6 is 0 Å². The van der Waals surface area contributed by atoms with Gasteiger partial charge in [-0.1, -0.05) is 42.5 Å². The lowest BCUT2D eigenvalue weighted by molar-refractivity contribution is -0.123. The molecule has 1 heterocycles. The normalized spacial score (nSPS) is 12.8. The molecule has 2 amide bonds. The maximum Gasteiger partial charge on any atom is 0.250 e. The molecule has 1 aromatic carbocycles. The number of allylic oxidation sites excluding steroid dienone is 1. The summed E-state index contributed by atoms with van der Waals surface area (Å²) in [5, 5.41) is 2.03. The highest BCUT2D eigenvalue weighted by Crippen LogP contribution is 2.08. The average molecular weight is 215 g/mol. The molecule has 0 aromatic heterocycles. The molecule has 0 unspecified atom stereocenters. The van der Waals surface area contributed by atoms with Gasteiger partial charge in [-0.2, -0.15) is 0 Å². The summed E-state index contributed by atoms with van der Waals surface area (Å²) in [7, 11) is 0. The number of imide groups is 1. The highest BCUT2D eigenvalue weighted by molar-refractivity contribution is 6.12. The minimum Gasteiger partial charge on any atom is -0.289 e. The summed E-state index contributed by atoms with van der Waals surface area (Å²) < 4.78 is 0. The third kappa shape index (κ3) is 3.92. The molecule has 0 saturated carbocycles. The molecule has 0 saturated heterocycles. The van der Waals surface area contributed by atoms with Gasteiger partial charge in [-0.05, 0) is 12.5 Å². The van der Waals surface area contributed by atoms with Gasteiger partial charge < -0.3 is 0 Å². The van der Waals surface area contributed by atoms with E-state index in [0.29, 0.717) is 0 Å². The summed E-state index contributed by atoms with van der Waals surface area (Å²) in [6.45, 7) is 5.83. The van der Waals surface area contributed by atoms with E-state index in [-0.39, 0.29) is 11.8 Å². The summed E-state index contributed by atoms with van der Waals surface area (Å²) in [5.41, 5.74) is 2.34. The second-order valence-corrected chi connectivity index (χ2v) is 3.33. The van der Waals surface area contributed by atoms with Crippen LogP contribution < -0.4 is 5.32 Å². The first-order valence-corrected chi connectivity index (χ1v) is 4.83. The topological polar surface area (TPSA) is 46.2 Å². The molecule has 0 spiro atoms. The summed E-state index contributed by atoms with van der Waals surface area (Å²) in [5.74, 6) is -0.657. The van der Waals surface area contributed by atoms with Crippen molar-refractivity contribution in [2.45, 2.75) is 6.92 Å². The van der Waals surface area contributed by atoms with Crippen LogP contribution in [0.4, 0.5) is 0 Å². The number of nitrogens with one attached hydrogen (secondary N) is 1. The van der Waals surface area contributed by atoms with Crippen molar-refractivity contribution in [3.8, 4) is 0 Å². The predicted octanol–water partition coefficient (Wildman–Crippen LogP) is 1.92. The summed E-state index contributed by atoms with van der Waals surface area (Å²) >= 11 is 0. The lowest BCUT2D eigenvalue weighted by Crippen LogP contribution is -2.19. The van der Waals surface area contributed by atoms with Crippen molar-refractivity contribution >= 4 is 17.4 Å². The Labute approximate surface area is 94.5 Å².